The van der Waals surface area contributed by atoms with Crippen LogP contribution in [0, 0.1) is 0 Å². The largest absolute Gasteiger partial charge is 0.462 e. The third-order valence-corrected chi connectivity index (χ3v) is 12.0. The van der Waals surface area contributed by atoms with Gasteiger partial charge < -0.3 is 14.2 Å². The maximum atomic E-state index is 12.8. The summed E-state index contributed by atoms with van der Waals surface area (Å²) in [6, 6.07) is 0. The Morgan fingerprint density at radius 3 is 0.922 bits per heavy atom. The van der Waals surface area contributed by atoms with E-state index in [0.29, 0.717) is 19.3 Å². The Kier molecular flexibility index (Phi) is 50.8. The fraction of sp³-hybridized carbons (Fsp3) is 0.810. The molecule has 6 heteroatoms. The van der Waals surface area contributed by atoms with E-state index < -0.39 is 6.10 Å². The molecule has 0 aliphatic rings. The van der Waals surface area contributed by atoms with Crippen molar-refractivity contribution in [3.8, 4) is 0 Å². The monoisotopic (exact) mass is 897 g/mol. The maximum Gasteiger partial charge on any atom is 0.306 e. The molecule has 1 unspecified atom stereocenters. The van der Waals surface area contributed by atoms with Gasteiger partial charge in [0.15, 0.2) is 6.10 Å². The molecule has 372 valence electrons. The molecule has 0 aromatic rings. The predicted molar refractivity (Wildman–Crippen MR) is 275 cm³/mol. The second-order valence-electron chi connectivity index (χ2n) is 18.5. The minimum Gasteiger partial charge on any atom is -0.462 e. The fourth-order valence-electron chi connectivity index (χ4n) is 7.87. The molecule has 0 aromatic heterocycles. The van der Waals surface area contributed by atoms with Gasteiger partial charge in [0.05, 0.1) is 0 Å². The smallest absolute Gasteiger partial charge is 0.306 e. The Bertz CT molecular complexity index is 1120. The molecule has 0 radical (unpaired) electrons. The molecule has 0 saturated heterocycles. The lowest BCUT2D eigenvalue weighted by Gasteiger charge is -2.18. The molecule has 0 aliphatic heterocycles. The Labute approximate surface area is 397 Å². The molecule has 0 fully saturated rings. The van der Waals surface area contributed by atoms with E-state index in [-0.39, 0.29) is 31.1 Å². The van der Waals surface area contributed by atoms with Gasteiger partial charge in [-0.05, 0) is 70.6 Å². The highest BCUT2D eigenvalue weighted by atomic mass is 16.6. The van der Waals surface area contributed by atoms with Gasteiger partial charge in [0.25, 0.3) is 0 Å². The summed E-state index contributed by atoms with van der Waals surface area (Å²) in [5.74, 6) is -0.900. The van der Waals surface area contributed by atoms with E-state index in [1.54, 1.807) is 0 Å². The first-order valence-electron chi connectivity index (χ1n) is 27.6. The number of rotatable bonds is 50. The second kappa shape index (κ2) is 53.0. The van der Waals surface area contributed by atoms with E-state index in [4.69, 9.17) is 14.2 Å². The number of hydrogen-bond donors (Lipinski definition) is 0. The summed E-state index contributed by atoms with van der Waals surface area (Å²) in [6.07, 6.45) is 63.9. The third kappa shape index (κ3) is 50.4. The zero-order chi connectivity index (χ0) is 46.5. The van der Waals surface area contributed by atoms with Crippen molar-refractivity contribution >= 4 is 17.9 Å². The highest BCUT2D eigenvalue weighted by molar-refractivity contribution is 5.71. The minimum atomic E-state index is -0.783. The molecule has 0 aromatic carbocycles. The molecule has 1 atom stereocenters. The van der Waals surface area contributed by atoms with Crippen LogP contribution >= 0.6 is 0 Å². The molecule has 0 spiro atoms. The first-order valence-corrected chi connectivity index (χ1v) is 27.6. The summed E-state index contributed by atoms with van der Waals surface area (Å²) in [5, 5.41) is 0. The van der Waals surface area contributed by atoms with Gasteiger partial charge in [-0.2, -0.15) is 0 Å². The summed E-state index contributed by atoms with van der Waals surface area (Å²) < 4.78 is 16.8. The molecule has 0 heterocycles. The van der Waals surface area contributed by atoms with Crippen LogP contribution in [0.1, 0.15) is 284 Å². The summed E-state index contributed by atoms with van der Waals surface area (Å²) in [6.45, 7) is 6.51. The van der Waals surface area contributed by atoms with Crippen LogP contribution in [0.3, 0.4) is 0 Å². The fourth-order valence-corrected chi connectivity index (χ4v) is 7.87. The van der Waals surface area contributed by atoms with Crippen LogP contribution in [0.25, 0.3) is 0 Å². The van der Waals surface area contributed by atoms with E-state index in [9.17, 15) is 14.4 Å². The van der Waals surface area contributed by atoms with Gasteiger partial charge in [-0.25, -0.2) is 0 Å². The van der Waals surface area contributed by atoms with Crippen molar-refractivity contribution in [2.45, 2.75) is 290 Å². The van der Waals surface area contributed by atoms with Gasteiger partial charge in [0, 0.05) is 19.3 Å². The highest BCUT2D eigenvalue weighted by Gasteiger charge is 2.19. The van der Waals surface area contributed by atoms with Gasteiger partial charge in [-0.3, -0.25) is 14.4 Å². The summed E-state index contributed by atoms with van der Waals surface area (Å²) in [7, 11) is 0. The molecule has 0 rings (SSSR count). The number of unbranched alkanes of at least 4 members (excludes halogenated alkanes) is 31. The molecule has 0 bridgehead atoms. The van der Waals surface area contributed by atoms with Crippen LogP contribution in [0.15, 0.2) is 48.6 Å². The topological polar surface area (TPSA) is 78.9 Å². The Morgan fingerprint density at radius 2 is 0.594 bits per heavy atom. The van der Waals surface area contributed by atoms with Crippen molar-refractivity contribution in [2.24, 2.45) is 0 Å². The average molecular weight is 897 g/mol. The molecular weight excluding hydrogens is 793 g/mol. The number of hydrogen-bond acceptors (Lipinski definition) is 6. The van der Waals surface area contributed by atoms with Gasteiger partial charge in [-0.1, -0.05) is 243 Å². The minimum absolute atomic E-state index is 0.0809. The summed E-state index contributed by atoms with van der Waals surface area (Å²) in [4.78, 5) is 38.0. The molecular formula is C58H104O6. The Morgan fingerprint density at radius 1 is 0.312 bits per heavy atom. The van der Waals surface area contributed by atoms with E-state index >= 15 is 0 Å². The SMILES string of the molecule is CCC/C=C\C/C=C\CCCCCCCC(=O)OCC(COC(=O)CCCCCCCCCCCCCCCCCCCCCC)OC(=O)CCCCCCC/C=C\C/C=C\CCC. The van der Waals surface area contributed by atoms with Crippen molar-refractivity contribution in [2.75, 3.05) is 13.2 Å². The van der Waals surface area contributed by atoms with Crippen molar-refractivity contribution in [3.05, 3.63) is 48.6 Å². The lowest BCUT2D eigenvalue weighted by Crippen LogP contribution is -2.30. The van der Waals surface area contributed by atoms with E-state index in [0.717, 1.165) is 116 Å². The zero-order valence-electron chi connectivity index (χ0n) is 42.6. The molecule has 64 heavy (non-hydrogen) atoms. The van der Waals surface area contributed by atoms with Crippen LogP contribution < -0.4 is 0 Å². The van der Waals surface area contributed by atoms with Crippen molar-refractivity contribution < 1.29 is 28.6 Å². The standard InChI is InChI=1S/C58H104O6/c1-4-7-10-13-16-19-22-25-26-27-28-29-30-31-34-36-39-42-45-48-51-57(60)63-54-55(64-58(61)52-49-46-43-40-37-33-24-21-18-15-12-9-6-3)53-62-56(59)50-47-44-41-38-35-32-23-20-17-14-11-8-5-2/h11-12,14-15,20-21,23-24,55H,4-10,13,16-19,22,25-54H2,1-3H3/b14-11-,15-12-,23-20-,24-21-. The van der Waals surface area contributed by atoms with Crippen molar-refractivity contribution in [1.82, 2.24) is 0 Å². The number of allylic oxidation sites excluding steroid dienone is 8. The average Bonchev–Trinajstić information content (AvgIpc) is 3.29. The molecule has 0 aliphatic carbocycles. The number of carbonyl (C=O) groups excluding carboxylic acids is 3. The quantitative estimate of drug-likeness (QED) is 0.0262. The van der Waals surface area contributed by atoms with Gasteiger partial charge >= 0.3 is 17.9 Å². The molecule has 6 nitrogen and oxygen atoms in total. The Balaban J connectivity index is 4.31. The number of carbonyl (C=O) groups is 3. The lowest BCUT2D eigenvalue weighted by molar-refractivity contribution is -0.167. The van der Waals surface area contributed by atoms with Crippen LogP contribution in [-0.2, 0) is 28.6 Å². The summed E-state index contributed by atoms with van der Waals surface area (Å²) >= 11 is 0. The van der Waals surface area contributed by atoms with Crippen LogP contribution in [0.4, 0.5) is 0 Å². The van der Waals surface area contributed by atoms with Crippen molar-refractivity contribution in [3.63, 3.8) is 0 Å². The second-order valence-corrected chi connectivity index (χ2v) is 18.5. The lowest BCUT2D eigenvalue weighted by atomic mass is 10.0. The van der Waals surface area contributed by atoms with Gasteiger partial charge in [0.1, 0.15) is 13.2 Å². The molecule has 0 amide bonds. The van der Waals surface area contributed by atoms with E-state index in [1.165, 1.54) is 128 Å². The zero-order valence-corrected chi connectivity index (χ0v) is 42.6. The van der Waals surface area contributed by atoms with Crippen LogP contribution in [0.5, 0.6) is 0 Å². The third-order valence-electron chi connectivity index (χ3n) is 12.0. The predicted octanol–water partition coefficient (Wildman–Crippen LogP) is 18.3. The Hall–Kier alpha value is -2.63. The van der Waals surface area contributed by atoms with Gasteiger partial charge in [0.2, 0.25) is 0 Å². The normalized spacial score (nSPS) is 12.4. The molecule has 0 N–H and O–H groups in total. The van der Waals surface area contributed by atoms with Crippen LogP contribution in [0.2, 0.25) is 0 Å². The first-order chi connectivity index (χ1) is 31.5. The van der Waals surface area contributed by atoms with E-state index in [2.05, 4.69) is 69.4 Å². The number of ether oxygens (including phenoxy) is 3. The molecule has 0 saturated carbocycles. The highest BCUT2D eigenvalue weighted by Crippen LogP contribution is 2.16. The van der Waals surface area contributed by atoms with E-state index in [1.807, 2.05) is 0 Å². The van der Waals surface area contributed by atoms with Crippen LogP contribution in [-0.4, -0.2) is 37.2 Å². The van der Waals surface area contributed by atoms with Crippen molar-refractivity contribution in [1.29, 1.82) is 0 Å². The van der Waals surface area contributed by atoms with Gasteiger partial charge in [-0.15, -0.1) is 0 Å². The first kappa shape index (κ1) is 61.4. The number of esters is 3. The maximum absolute atomic E-state index is 12.8. The summed E-state index contributed by atoms with van der Waals surface area (Å²) in [5.41, 5.74) is 0.